The van der Waals surface area contributed by atoms with Crippen molar-refractivity contribution in [2.45, 2.75) is 326 Å². The summed E-state index contributed by atoms with van der Waals surface area (Å²) in [5.41, 5.74) is 0. The molecule has 6 N–H and O–H groups in total. The molecule has 7 atom stereocenters. The highest BCUT2D eigenvalue weighted by Gasteiger charge is 2.44. The Bertz CT molecular complexity index is 1640. The van der Waals surface area contributed by atoms with Gasteiger partial charge in [-0.05, 0) is 83.5 Å². The van der Waals surface area contributed by atoms with E-state index in [4.69, 9.17) is 9.47 Å². The molecule has 0 aliphatic carbocycles. The maximum absolute atomic E-state index is 13.1. The lowest BCUT2D eigenvalue weighted by molar-refractivity contribution is -0.302. The Morgan fingerprint density at radius 2 is 0.765 bits per heavy atom. The van der Waals surface area contributed by atoms with Crippen LogP contribution in [0.5, 0.6) is 0 Å². The summed E-state index contributed by atoms with van der Waals surface area (Å²) in [5, 5.41) is 54.8. The van der Waals surface area contributed by atoms with Gasteiger partial charge < -0.3 is 40.3 Å². The molecule has 466 valence electrons. The number of aliphatic hydroxyl groups is 5. The topological polar surface area (TPSA) is 149 Å². The lowest BCUT2D eigenvalue weighted by Gasteiger charge is -2.40. The van der Waals surface area contributed by atoms with Crippen molar-refractivity contribution in [1.29, 1.82) is 0 Å². The van der Waals surface area contributed by atoms with E-state index in [-0.39, 0.29) is 12.5 Å². The highest BCUT2D eigenvalue weighted by atomic mass is 16.7. The molecule has 7 unspecified atom stereocenters. The Hall–Kier alpha value is -3.15. The van der Waals surface area contributed by atoms with E-state index in [1.165, 1.54) is 154 Å². The summed E-state index contributed by atoms with van der Waals surface area (Å²) >= 11 is 0. The van der Waals surface area contributed by atoms with Crippen molar-refractivity contribution < 1.29 is 39.8 Å². The lowest BCUT2D eigenvalue weighted by atomic mass is 9.99. The monoisotopic (exact) mass is 1130 g/mol. The van der Waals surface area contributed by atoms with Gasteiger partial charge >= 0.3 is 0 Å². The van der Waals surface area contributed by atoms with Crippen LogP contribution >= 0.6 is 0 Å². The molecule has 0 aromatic rings. The molecule has 81 heavy (non-hydrogen) atoms. The predicted molar refractivity (Wildman–Crippen MR) is 345 cm³/mol. The third kappa shape index (κ3) is 48.9. The zero-order valence-electron chi connectivity index (χ0n) is 52.0. The normalized spacial score (nSPS) is 19.1. The van der Waals surface area contributed by atoms with Gasteiger partial charge in [0.25, 0.3) is 0 Å². The van der Waals surface area contributed by atoms with Crippen LogP contribution in [0.2, 0.25) is 0 Å². The van der Waals surface area contributed by atoms with Gasteiger partial charge in [0.15, 0.2) is 6.29 Å². The first kappa shape index (κ1) is 75.9. The van der Waals surface area contributed by atoms with E-state index in [9.17, 15) is 30.3 Å². The van der Waals surface area contributed by atoms with Crippen LogP contribution in [0, 0.1) is 0 Å². The Morgan fingerprint density at radius 1 is 0.432 bits per heavy atom. The standard InChI is InChI=1S/C72H125NO8/c1-3-5-7-9-11-13-15-17-19-21-23-24-25-26-27-28-29-30-31-32-33-34-35-36-37-38-39-40-41-42-44-46-48-50-52-54-56-58-60-62-68(76)73-65(64-80-72-71(79)70(78)69(77)67(63-74)81-72)66(75)61-59-57-55-53-51-49-47-45-43-22-20-18-16-14-12-10-8-6-4-2/h5,7,11,13,17,19,23-24,26-27,29-30,32-33,35-36,38-39,65-67,69-72,74-75,77-79H,3-4,6,8-10,12,14-16,18,20-22,25,28,31,34,37,40-64H2,1-2H3,(H,73,76)/b7-5-,13-11-,19-17-,24-23-,27-26-,30-29-,33-32-,36-35-,39-38-. The molecule has 1 aliphatic heterocycles. The van der Waals surface area contributed by atoms with Crippen molar-refractivity contribution in [2.75, 3.05) is 13.2 Å². The van der Waals surface area contributed by atoms with E-state index in [1.807, 2.05) is 0 Å². The number of hydrogen-bond donors (Lipinski definition) is 6. The van der Waals surface area contributed by atoms with E-state index in [0.717, 1.165) is 103 Å². The largest absolute Gasteiger partial charge is 0.394 e. The molecule has 1 aliphatic rings. The van der Waals surface area contributed by atoms with E-state index in [2.05, 4.69) is 129 Å². The minimum atomic E-state index is -1.56. The van der Waals surface area contributed by atoms with Crippen LogP contribution in [0.15, 0.2) is 109 Å². The summed E-state index contributed by atoms with van der Waals surface area (Å²) in [6, 6.07) is -0.728. The number of carbonyl (C=O) groups is 1. The second-order valence-corrected chi connectivity index (χ2v) is 22.9. The second kappa shape index (κ2) is 60.0. The van der Waals surface area contributed by atoms with E-state index >= 15 is 0 Å². The van der Waals surface area contributed by atoms with Crippen LogP contribution in [0.25, 0.3) is 0 Å². The van der Waals surface area contributed by atoms with Gasteiger partial charge in [-0.3, -0.25) is 4.79 Å². The molecule has 0 spiro atoms. The van der Waals surface area contributed by atoms with Crippen molar-refractivity contribution in [3.05, 3.63) is 109 Å². The van der Waals surface area contributed by atoms with Crippen molar-refractivity contribution >= 4 is 5.91 Å². The number of hydrogen-bond acceptors (Lipinski definition) is 8. The van der Waals surface area contributed by atoms with Crippen molar-refractivity contribution in [2.24, 2.45) is 0 Å². The number of amides is 1. The summed E-state index contributed by atoms with van der Waals surface area (Å²) in [4.78, 5) is 13.1. The van der Waals surface area contributed by atoms with Gasteiger partial charge in [0, 0.05) is 6.42 Å². The third-order valence-electron chi connectivity index (χ3n) is 15.4. The van der Waals surface area contributed by atoms with Gasteiger partial charge in [-0.25, -0.2) is 0 Å². The Morgan fingerprint density at radius 3 is 1.14 bits per heavy atom. The maximum atomic E-state index is 13.1. The second-order valence-electron chi connectivity index (χ2n) is 22.9. The van der Waals surface area contributed by atoms with Gasteiger partial charge in [0.2, 0.25) is 5.91 Å². The molecule has 9 nitrogen and oxygen atoms in total. The molecule has 1 rings (SSSR count). The fourth-order valence-electron chi connectivity index (χ4n) is 10.2. The number of aliphatic hydroxyl groups excluding tert-OH is 5. The van der Waals surface area contributed by atoms with E-state index < -0.39 is 49.5 Å². The Balaban J connectivity index is 2.13. The third-order valence-corrected chi connectivity index (χ3v) is 15.4. The number of allylic oxidation sites excluding steroid dienone is 18. The summed E-state index contributed by atoms with van der Waals surface area (Å²) < 4.78 is 11.3. The molecule has 0 aromatic heterocycles. The summed E-state index contributed by atoms with van der Waals surface area (Å²) in [5.74, 6) is -0.149. The van der Waals surface area contributed by atoms with Gasteiger partial charge in [0.1, 0.15) is 24.4 Å². The predicted octanol–water partition coefficient (Wildman–Crippen LogP) is 18.1. The molecule has 0 radical (unpaired) electrons. The quantitative estimate of drug-likeness (QED) is 0.0261. The number of rotatable bonds is 57. The number of ether oxygens (including phenoxy) is 2. The fraction of sp³-hybridized carbons (Fsp3) is 0.736. The van der Waals surface area contributed by atoms with E-state index in [0.29, 0.717) is 12.8 Å². The first-order chi connectivity index (χ1) is 39.8. The lowest BCUT2D eigenvalue weighted by Crippen LogP contribution is -2.60. The van der Waals surface area contributed by atoms with Gasteiger partial charge in [-0.15, -0.1) is 0 Å². The molecular formula is C72H125NO8. The minimum absolute atomic E-state index is 0.142. The smallest absolute Gasteiger partial charge is 0.220 e. The summed E-state index contributed by atoms with van der Waals surface area (Å²) in [6.07, 6.45) is 81.3. The highest BCUT2D eigenvalue weighted by Crippen LogP contribution is 2.23. The molecule has 1 saturated heterocycles. The Kier molecular flexibility index (Phi) is 56.2. The zero-order chi connectivity index (χ0) is 58.6. The van der Waals surface area contributed by atoms with Crippen molar-refractivity contribution in [1.82, 2.24) is 5.32 Å². The van der Waals surface area contributed by atoms with Crippen LogP contribution in [-0.4, -0.2) is 87.5 Å². The van der Waals surface area contributed by atoms with Crippen molar-refractivity contribution in [3.8, 4) is 0 Å². The number of carbonyl (C=O) groups excluding carboxylic acids is 1. The van der Waals surface area contributed by atoms with Crippen LogP contribution in [0.1, 0.15) is 284 Å². The van der Waals surface area contributed by atoms with Crippen LogP contribution in [0.4, 0.5) is 0 Å². The molecule has 1 heterocycles. The first-order valence-corrected chi connectivity index (χ1v) is 33.6. The zero-order valence-corrected chi connectivity index (χ0v) is 52.0. The van der Waals surface area contributed by atoms with Gasteiger partial charge in [-0.1, -0.05) is 303 Å². The highest BCUT2D eigenvalue weighted by molar-refractivity contribution is 5.76. The minimum Gasteiger partial charge on any atom is -0.394 e. The maximum Gasteiger partial charge on any atom is 0.220 e. The molecule has 1 fully saturated rings. The summed E-state index contributed by atoms with van der Waals surface area (Å²) in [7, 11) is 0. The molecule has 0 saturated carbocycles. The Labute approximate surface area is 497 Å². The van der Waals surface area contributed by atoms with E-state index in [1.54, 1.807) is 0 Å². The number of nitrogens with one attached hydrogen (secondary N) is 1. The fourth-order valence-corrected chi connectivity index (χ4v) is 10.2. The van der Waals surface area contributed by atoms with Gasteiger partial charge in [0.05, 0.1) is 25.4 Å². The summed E-state index contributed by atoms with van der Waals surface area (Å²) in [6.45, 7) is 3.74. The molecule has 1 amide bonds. The van der Waals surface area contributed by atoms with Crippen LogP contribution in [0.3, 0.4) is 0 Å². The van der Waals surface area contributed by atoms with Crippen molar-refractivity contribution in [3.63, 3.8) is 0 Å². The first-order valence-electron chi connectivity index (χ1n) is 33.6. The van der Waals surface area contributed by atoms with Crippen LogP contribution in [-0.2, 0) is 14.3 Å². The molecule has 0 aromatic carbocycles. The average Bonchev–Trinajstić information content (AvgIpc) is 3.48. The number of unbranched alkanes of at least 4 members (excludes halogenated alkanes) is 29. The average molecular weight is 1130 g/mol. The van der Waals surface area contributed by atoms with Gasteiger partial charge in [-0.2, -0.15) is 0 Å². The SMILES string of the molecule is CC/C=C\C/C=C\C/C=C\C/C=C\C/C=C\C/C=C\C/C=C\C/C=C\C/C=C\CCCCCCCCCCCCCC(=O)NC(COC1OC(CO)C(O)C(O)C1O)C(O)CCCCCCCCCCCCCCCCCCCCC. The molecule has 0 bridgehead atoms. The molecule has 9 heteroatoms. The molecular weight excluding hydrogens is 1010 g/mol. The van der Waals surface area contributed by atoms with Crippen LogP contribution < -0.4 is 5.32 Å².